The van der Waals surface area contributed by atoms with E-state index in [1.807, 2.05) is 30.0 Å². The molecular formula is C13H15N3S2. The molecule has 0 saturated heterocycles. The van der Waals surface area contributed by atoms with Crippen molar-refractivity contribution in [3.8, 4) is 0 Å². The Hall–Kier alpha value is -1.07. The van der Waals surface area contributed by atoms with Gasteiger partial charge in [0.05, 0.1) is 0 Å². The van der Waals surface area contributed by atoms with E-state index in [9.17, 15) is 0 Å². The predicted molar refractivity (Wildman–Crippen MR) is 77.1 cm³/mol. The topological polar surface area (TPSA) is 37.8 Å². The van der Waals surface area contributed by atoms with Crippen LogP contribution >= 0.6 is 23.1 Å². The Balaban J connectivity index is 1.50. The molecular weight excluding hydrogens is 262 g/mol. The van der Waals surface area contributed by atoms with Gasteiger partial charge in [0, 0.05) is 12.3 Å². The molecule has 1 saturated carbocycles. The van der Waals surface area contributed by atoms with Crippen molar-refractivity contribution < 1.29 is 0 Å². The van der Waals surface area contributed by atoms with E-state index in [4.69, 9.17) is 0 Å². The maximum absolute atomic E-state index is 4.20. The highest BCUT2D eigenvalue weighted by molar-refractivity contribution is 8.01. The van der Waals surface area contributed by atoms with Gasteiger partial charge in [-0.3, -0.25) is 0 Å². The summed E-state index contributed by atoms with van der Waals surface area (Å²) in [4.78, 5) is 0. The van der Waals surface area contributed by atoms with Crippen LogP contribution in [0, 0.1) is 5.92 Å². The summed E-state index contributed by atoms with van der Waals surface area (Å²) in [5, 5.41) is 12.6. The zero-order chi connectivity index (χ0) is 12.2. The van der Waals surface area contributed by atoms with Crippen molar-refractivity contribution in [2.45, 2.75) is 23.7 Å². The summed E-state index contributed by atoms with van der Waals surface area (Å²) in [6, 6.07) is 10.3. The molecule has 0 spiro atoms. The van der Waals surface area contributed by atoms with Crippen LogP contribution in [0.1, 0.15) is 18.4 Å². The first kappa shape index (κ1) is 12.0. The molecule has 0 bridgehead atoms. The van der Waals surface area contributed by atoms with Crippen LogP contribution < -0.4 is 5.32 Å². The van der Waals surface area contributed by atoms with Crippen LogP contribution in [0.5, 0.6) is 0 Å². The summed E-state index contributed by atoms with van der Waals surface area (Å²) in [6.07, 6.45) is 2.79. The number of anilines is 1. The predicted octanol–water partition coefficient (Wildman–Crippen LogP) is 3.65. The van der Waals surface area contributed by atoms with E-state index < -0.39 is 0 Å². The summed E-state index contributed by atoms with van der Waals surface area (Å²) in [7, 11) is 0. The number of nitrogens with zero attached hydrogens (tertiary/aromatic N) is 2. The molecule has 1 aromatic heterocycles. The maximum atomic E-state index is 4.20. The molecule has 0 amide bonds. The first-order valence-corrected chi connectivity index (χ1v) is 7.94. The summed E-state index contributed by atoms with van der Waals surface area (Å²) >= 11 is 3.49. The Morgan fingerprint density at radius 1 is 1.22 bits per heavy atom. The van der Waals surface area contributed by atoms with E-state index in [0.29, 0.717) is 0 Å². The molecule has 1 aromatic carbocycles. The monoisotopic (exact) mass is 277 g/mol. The molecule has 1 N–H and O–H groups in total. The Bertz CT molecular complexity index is 494. The van der Waals surface area contributed by atoms with E-state index in [1.54, 1.807) is 11.3 Å². The third-order valence-corrected chi connectivity index (χ3v) is 5.08. The van der Waals surface area contributed by atoms with Gasteiger partial charge in [0.2, 0.25) is 5.13 Å². The maximum Gasteiger partial charge on any atom is 0.206 e. The average Bonchev–Trinajstić information content (AvgIpc) is 3.14. The number of nitrogens with one attached hydrogen (secondary N) is 1. The number of hydrogen-bond donors (Lipinski definition) is 1. The molecule has 3 rings (SSSR count). The standard InChI is InChI=1S/C13H15N3S2/c1-2-4-10(5-3-1)8-14-12-15-16-13(18-12)17-9-11-6-7-11/h1-5,11H,6-9H2,(H,14,15). The summed E-state index contributed by atoms with van der Waals surface area (Å²) in [5.74, 6) is 2.13. The van der Waals surface area contributed by atoms with Gasteiger partial charge >= 0.3 is 0 Å². The van der Waals surface area contributed by atoms with E-state index in [1.165, 1.54) is 24.2 Å². The van der Waals surface area contributed by atoms with Crippen molar-refractivity contribution in [1.82, 2.24) is 10.2 Å². The lowest BCUT2D eigenvalue weighted by atomic mass is 10.2. The van der Waals surface area contributed by atoms with Crippen LogP contribution in [0.25, 0.3) is 0 Å². The Labute approximate surface area is 115 Å². The number of benzene rings is 1. The first-order chi connectivity index (χ1) is 8.90. The molecule has 0 unspecified atom stereocenters. The van der Waals surface area contributed by atoms with Crippen molar-refractivity contribution in [3.63, 3.8) is 0 Å². The van der Waals surface area contributed by atoms with Crippen molar-refractivity contribution in [2.75, 3.05) is 11.1 Å². The van der Waals surface area contributed by atoms with E-state index >= 15 is 0 Å². The highest BCUT2D eigenvalue weighted by Gasteiger charge is 2.21. The van der Waals surface area contributed by atoms with Crippen molar-refractivity contribution in [2.24, 2.45) is 5.92 Å². The fourth-order valence-corrected chi connectivity index (χ4v) is 3.55. The molecule has 1 heterocycles. The Morgan fingerprint density at radius 2 is 2.06 bits per heavy atom. The van der Waals surface area contributed by atoms with Gasteiger partial charge in [-0.2, -0.15) is 0 Å². The molecule has 1 fully saturated rings. The molecule has 1 aliphatic carbocycles. The van der Waals surface area contributed by atoms with Crippen LogP contribution in [-0.4, -0.2) is 16.0 Å². The molecule has 5 heteroatoms. The number of aromatic nitrogens is 2. The molecule has 18 heavy (non-hydrogen) atoms. The van der Waals surface area contributed by atoms with Crippen LogP contribution in [0.2, 0.25) is 0 Å². The van der Waals surface area contributed by atoms with E-state index in [2.05, 4.69) is 27.6 Å². The highest BCUT2D eigenvalue weighted by Crippen LogP contribution is 2.36. The largest absolute Gasteiger partial charge is 0.356 e. The molecule has 94 valence electrons. The van der Waals surface area contributed by atoms with Crippen molar-refractivity contribution in [3.05, 3.63) is 35.9 Å². The first-order valence-electron chi connectivity index (χ1n) is 6.14. The van der Waals surface area contributed by atoms with Gasteiger partial charge in [-0.1, -0.05) is 53.4 Å². The third kappa shape index (κ3) is 3.46. The normalized spacial score (nSPS) is 14.7. The van der Waals surface area contributed by atoms with Gasteiger partial charge in [0.1, 0.15) is 0 Å². The van der Waals surface area contributed by atoms with Gasteiger partial charge in [-0.15, -0.1) is 10.2 Å². The zero-order valence-corrected chi connectivity index (χ0v) is 11.6. The van der Waals surface area contributed by atoms with E-state index in [0.717, 1.165) is 21.9 Å². The van der Waals surface area contributed by atoms with Crippen LogP contribution in [0.4, 0.5) is 5.13 Å². The quantitative estimate of drug-likeness (QED) is 0.818. The minimum Gasteiger partial charge on any atom is -0.356 e. The van der Waals surface area contributed by atoms with Crippen molar-refractivity contribution in [1.29, 1.82) is 0 Å². The highest BCUT2D eigenvalue weighted by atomic mass is 32.2. The van der Waals surface area contributed by atoms with Gasteiger partial charge < -0.3 is 5.32 Å². The van der Waals surface area contributed by atoms with Gasteiger partial charge in [-0.05, 0) is 24.3 Å². The van der Waals surface area contributed by atoms with Crippen molar-refractivity contribution >= 4 is 28.2 Å². The Morgan fingerprint density at radius 3 is 2.83 bits per heavy atom. The lowest BCUT2D eigenvalue weighted by Gasteiger charge is -2.00. The van der Waals surface area contributed by atoms with E-state index in [-0.39, 0.29) is 0 Å². The molecule has 2 aromatic rings. The molecule has 3 nitrogen and oxygen atoms in total. The zero-order valence-electron chi connectivity index (χ0n) is 10.0. The summed E-state index contributed by atoms with van der Waals surface area (Å²) in [6.45, 7) is 0.808. The number of hydrogen-bond acceptors (Lipinski definition) is 5. The fraction of sp³-hybridized carbons (Fsp3) is 0.385. The summed E-state index contributed by atoms with van der Waals surface area (Å²) < 4.78 is 1.08. The van der Waals surface area contributed by atoms with Crippen LogP contribution in [-0.2, 0) is 6.54 Å². The van der Waals surface area contributed by atoms with Gasteiger partial charge in [-0.25, -0.2) is 0 Å². The smallest absolute Gasteiger partial charge is 0.206 e. The third-order valence-electron chi connectivity index (χ3n) is 2.83. The number of thioether (sulfide) groups is 1. The van der Waals surface area contributed by atoms with Gasteiger partial charge in [0.25, 0.3) is 0 Å². The lowest BCUT2D eigenvalue weighted by Crippen LogP contribution is -1.98. The second kappa shape index (κ2) is 5.71. The molecule has 0 radical (unpaired) electrons. The van der Waals surface area contributed by atoms with Gasteiger partial charge in [0.15, 0.2) is 4.34 Å². The second-order valence-corrected chi connectivity index (χ2v) is 6.71. The minimum atomic E-state index is 0.808. The number of rotatable bonds is 6. The van der Waals surface area contributed by atoms with Crippen LogP contribution in [0.3, 0.4) is 0 Å². The fourth-order valence-electron chi connectivity index (χ4n) is 1.59. The van der Waals surface area contributed by atoms with Crippen LogP contribution in [0.15, 0.2) is 34.7 Å². The lowest BCUT2D eigenvalue weighted by molar-refractivity contribution is 0.975. The molecule has 0 atom stereocenters. The molecule has 1 aliphatic rings. The summed E-state index contributed by atoms with van der Waals surface area (Å²) in [5.41, 5.74) is 1.26. The minimum absolute atomic E-state index is 0.808. The molecule has 0 aliphatic heterocycles. The average molecular weight is 277 g/mol. The SMILES string of the molecule is c1ccc(CNc2nnc(SCC3CC3)s2)cc1. The second-order valence-electron chi connectivity index (χ2n) is 4.47. The Kier molecular flexibility index (Phi) is 3.81.